The minimum atomic E-state index is 0.146. The zero-order valence-corrected chi connectivity index (χ0v) is 8.90. The molecule has 2 nitrogen and oxygen atoms in total. The molecule has 1 aromatic rings. The summed E-state index contributed by atoms with van der Waals surface area (Å²) in [6, 6.07) is 9.68. The molecule has 2 heteroatoms. The molecule has 0 aliphatic rings. The van der Waals surface area contributed by atoms with Crippen LogP contribution < -0.4 is 0 Å². The van der Waals surface area contributed by atoms with Crippen molar-refractivity contribution >= 4 is 12.4 Å². The monoisotopic (exact) mass is 199 g/mol. The predicted octanol–water partition coefficient (Wildman–Crippen LogP) is 2.92. The van der Waals surface area contributed by atoms with Crippen LogP contribution in [0.2, 0.25) is 0 Å². The molecular formula is C13H13NO. The van der Waals surface area contributed by atoms with Crippen molar-refractivity contribution in [3.8, 4) is 6.07 Å². The largest absolute Gasteiger partial charge is 0.297 e. The van der Waals surface area contributed by atoms with E-state index in [0.717, 1.165) is 5.56 Å². The number of nitriles is 1. The van der Waals surface area contributed by atoms with E-state index in [-0.39, 0.29) is 5.57 Å². The molecule has 1 aromatic carbocycles. The third-order valence-corrected chi connectivity index (χ3v) is 2.18. The summed E-state index contributed by atoms with van der Waals surface area (Å²) in [6.07, 6.45) is 2.15. The zero-order chi connectivity index (χ0) is 11.3. The predicted molar refractivity (Wildman–Crippen MR) is 60.2 cm³/mol. The highest BCUT2D eigenvalue weighted by Gasteiger charge is 1.98. The molecule has 0 heterocycles. The molecule has 15 heavy (non-hydrogen) atoms. The Morgan fingerprint density at radius 1 is 1.33 bits per heavy atom. The van der Waals surface area contributed by atoms with Crippen LogP contribution in [-0.4, -0.2) is 6.29 Å². The average molecular weight is 199 g/mol. The van der Waals surface area contributed by atoms with Crippen LogP contribution in [0.5, 0.6) is 0 Å². The molecule has 0 aromatic heterocycles. The van der Waals surface area contributed by atoms with Gasteiger partial charge in [-0.1, -0.05) is 38.1 Å². The Morgan fingerprint density at radius 3 is 2.33 bits per heavy atom. The van der Waals surface area contributed by atoms with E-state index >= 15 is 0 Å². The summed E-state index contributed by atoms with van der Waals surface area (Å²) in [6.45, 7) is 4.24. The Hall–Kier alpha value is -1.88. The van der Waals surface area contributed by atoms with Gasteiger partial charge in [-0.3, -0.25) is 4.79 Å². The van der Waals surface area contributed by atoms with Gasteiger partial charge in [0.25, 0.3) is 0 Å². The first-order chi connectivity index (χ1) is 7.17. The summed E-state index contributed by atoms with van der Waals surface area (Å²) < 4.78 is 0. The first-order valence-corrected chi connectivity index (χ1v) is 4.84. The van der Waals surface area contributed by atoms with Crippen molar-refractivity contribution in [3.63, 3.8) is 0 Å². The van der Waals surface area contributed by atoms with E-state index in [1.165, 1.54) is 5.56 Å². The highest BCUT2D eigenvalue weighted by molar-refractivity contribution is 5.86. The first kappa shape index (κ1) is 11.2. The molecule has 0 N–H and O–H groups in total. The molecule has 1 rings (SSSR count). The molecule has 0 spiro atoms. The Kier molecular flexibility index (Phi) is 3.82. The van der Waals surface area contributed by atoms with Crippen molar-refractivity contribution in [1.29, 1.82) is 5.26 Å². The lowest BCUT2D eigenvalue weighted by Gasteiger charge is -2.04. The summed E-state index contributed by atoms with van der Waals surface area (Å²) in [5, 5.41) is 8.58. The zero-order valence-electron chi connectivity index (χ0n) is 8.90. The number of hydrogen-bond acceptors (Lipinski definition) is 2. The van der Waals surface area contributed by atoms with Crippen LogP contribution in [0.3, 0.4) is 0 Å². The van der Waals surface area contributed by atoms with Crippen LogP contribution in [0.25, 0.3) is 6.08 Å². The van der Waals surface area contributed by atoms with Crippen LogP contribution in [-0.2, 0) is 4.79 Å². The number of carbonyl (C=O) groups excluding carboxylic acids is 1. The lowest BCUT2D eigenvalue weighted by molar-refractivity contribution is -0.104. The molecule has 0 amide bonds. The van der Waals surface area contributed by atoms with Gasteiger partial charge in [-0.15, -0.1) is 0 Å². The highest BCUT2D eigenvalue weighted by Crippen LogP contribution is 2.15. The summed E-state index contributed by atoms with van der Waals surface area (Å²) in [4.78, 5) is 10.4. The number of aldehydes is 1. The van der Waals surface area contributed by atoms with Gasteiger partial charge in [0.05, 0.1) is 5.57 Å². The maximum atomic E-state index is 10.4. The maximum Gasteiger partial charge on any atom is 0.160 e. The van der Waals surface area contributed by atoms with Crippen molar-refractivity contribution in [3.05, 3.63) is 41.0 Å². The van der Waals surface area contributed by atoms with E-state index in [2.05, 4.69) is 13.8 Å². The number of rotatable bonds is 3. The fourth-order valence-electron chi connectivity index (χ4n) is 1.25. The first-order valence-electron chi connectivity index (χ1n) is 4.84. The second kappa shape index (κ2) is 5.11. The lowest BCUT2D eigenvalue weighted by atomic mass is 10.0. The second-order valence-corrected chi connectivity index (χ2v) is 3.65. The van der Waals surface area contributed by atoms with Gasteiger partial charge in [0.15, 0.2) is 6.29 Å². The standard InChI is InChI=1S/C13H13NO/c1-10(2)13-5-3-11(4-6-13)7-12(8-14)9-15/h3-7,9-10H,1-2H3/b12-7+. The summed E-state index contributed by atoms with van der Waals surface area (Å²) >= 11 is 0. The molecule has 0 fully saturated rings. The van der Waals surface area contributed by atoms with Gasteiger partial charge >= 0.3 is 0 Å². The van der Waals surface area contributed by atoms with E-state index < -0.39 is 0 Å². The van der Waals surface area contributed by atoms with Crippen molar-refractivity contribution in [2.24, 2.45) is 0 Å². The normalized spacial score (nSPS) is 11.2. The lowest BCUT2D eigenvalue weighted by Crippen LogP contribution is -1.87. The van der Waals surface area contributed by atoms with Crippen molar-refractivity contribution < 1.29 is 4.79 Å². The van der Waals surface area contributed by atoms with E-state index in [0.29, 0.717) is 12.2 Å². The van der Waals surface area contributed by atoms with Gasteiger partial charge < -0.3 is 0 Å². The number of benzene rings is 1. The van der Waals surface area contributed by atoms with E-state index in [1.807, 2.05) is 30.3 Å². The van der Waals surface area contributed by atoms with Gasteiger partial charge in [-0.05, 0) is 23.1 Å². The molecular weight excluding hydrogens is 186 g/mol. The van der Waals surface area contributed by atoms with Gasteiger partial charge in [0, 0.05) is 0 Å². The third kappa shape index (κ3) is 3.07. The molecule has 0 unspecified atom stereocenters. The second-order valence-electron chi connectivity index (χ2n) is 3.65. The Labute approximate surface area is 89.9 Å². The van der Waals surface area contributed by atoms with E-state index in [9.17, 15) is 4.79 Å². The third-order valence-electron chi connectivity index (χ3n) is 2.18. The van der Waals surface area contributed by atoms with Crippen LogP contribution in [0.15, 0.2) is 29.8 Å². The molecule has 0 atom stereocenters. The molecule has 76 valence electrons. The number of nitrogens with zero attached hydrogens (tertiary/aromatic N) is 1. The minimum Gasteiger partial charge on any atom is -0.297 e. The summed E-state index contributed by atoms with van der Waals surface area (Å²) in [5.74, 6) is 0.490. The molecule has 0 bridgehead atoms. The van der Waals surface area contributed by atoms with Gasteiger partial charge in [-0.2, -0.15) is 5.26 Å². The number of hydrogen-bond donors (Lipinski definition) is 0. The average Bonchev–Trinajstić information content (AvgIpc) is 2.26. The maximum absolute atomic E-state index is 10.4. The Bertz CT molecular complexity index is 407. The number of carbonyl (C=O) groups is 1. The minimum absolute atomic E-state index is 0.146. The van der Waals surface area contributed by atoms with Gasteiger partial charge in [-0.25, -0.2) is 0 Å². The Morgan fingerprint density at radius 2 is 1.93 bits per heavy atom. The fraction of sp³-hybridized carbons (Fsp3) is 0.231. The number of allylic oxidation sites excluding steroid dienone is 1. The Balaban J connectivity index is 2.95. The van der Waals surface area contributed by atoms with Crippen LogP contribution in [0, 0.1) is 11.3 Å². The SMILES string of the molecule is CC(C)c1ccc(/C=C(\C#N)C=O)cc1. The van der Waals surface area contributed by atoms with Crippen LogP contribution in [0.4, 0.5) is 0 Å². The van der Waals surface area contributed by atoms with Gasteiger partial charge in [0.2, 0.25) is 0 Å². The van der Waals surface area contributed by atoms with Crippen molar-refractivity contribution in [2.45, 2.75) is 19.8 Å². The molecule has 0 saturated carbocycles. The topological polar surface area (TPSA) is 40.9 Å². The fourth-order valence-corrected chi connectivity index (χ4v) is 1.25. The van der Waals surface area contributed by atoms with Crippen molar-refractivity contribution in [1.82, 2.24) is 0 Å². The summed E-state index contributed by atoms with van der Waals surface area (Å²) in [5.41, 5.74) is 2.27. The molecule has 0 aliphatic carbocycles. The van der Waals surface area contributed by atoms with Gasteiger partial charge in [0.1, 0.15) is 6.07 Å². The highest BCUT2D eigenvalue weighted by atomic mass is 16.1. The molecule has 0 radical (unpaired) electrons. The van der Waals surface area contributed by atoms with Crippen LogP contribution >= 0.6 is 0 Å². The van der Waals surface area contributed by atoms with Crippen LogP contribution in [0.1, 0.15) is 30.9 Å². The summed E-state index contributed by atoms with van der Waals surface area (Å²) in [7, 11) is 0. The van der Waals surface area contributed by atoms with E-state index in [4.69, 9.17) is 5.26 Å². The smallest absolute Gasteiger partial charge is 0.160 e. The quantitative estimate of drug-likeness (QED) is 0.426. The van der Waals surface area contributed by atoms with Crippen molar-refractivity contribution in [2.75, 3.05) is 0 Å². The van der Waals surface area contributed by atoms with E-state index in [1.54, 1.807) is 6.08 Å². The molecule has 0 saturated heterocycles. The molecule has 0 aliphatic heterocycles.